The van der Waals surface area contributed by atoms with Crippen molar-refractivity contribution in [2.75, 3.05) is 19.6 Å². The highest BCUT2D eigenvalue weighted by Crippen LogP contribution is 2.24. The highest BCUT2D eigenvalue weighted by molar-refractivity contribution is 5.95. The second-order valence-corrected chi connectivity index (χ2v) is 9.32. The second kappa shape index (κ2) is 10.5. The predicted octanol–water partition coefficient (Wildman–Crippen LogP) is 0.436. The van der Waals surface area contributed by atoms with Crippen LogP contribution >= 0.6 is 0 Å². The number of nitrogens with one attached hydrogen (secondary N) is 1. The summed E-state index contributed by atoms with van der Waals surface area (Å²) < 4.78 is 5.53. The first kappa shape index (κ1) is 25.0. The summed E-state index contributed by atoms with van der Waals surface area (Å²) in [6, 6.07) is -3.00. The summed E-state index contributed by atoms with van der Waals surface area (Å²) in [6.45, 7) is 8.03. The Morgan fingerprint density at radius 3 is 2.21 bits per heavy atom. The number of amides is 4. The van der Waals surface area contributed by atoms with Crippen molar-refractivity contribution in [1.29, 1.82) is 0 Å². The third-order valence-electron chi connectivity index (χ3n) is 6.77. The normalized spacial score (nSPS) is 32.5. The van der Waals surface area contributed by atoms with E-state index in [0.717, 1.165) is 0 Å². The number of rotatable bonds is 2. The van der Waals surface area contributed by atoms with Gasteiger partial charge in [-0.25, -0.2) is 4.79 Å². The van der Waals surface area contributed by atoms with Crippen molar-refractivity contribution in [3.05, 3.63) is 0 Å². The van der Waals surface area contributed by atoms with Crippen molar-refractivity contribution in [2.45, 2.75) is 96.5 Å². The predicted molar refractivity (Wildman–Crippen MR) is 119 cm³/mol. The van der Waals surface area contributed by atoms with Crippen LogP contribution in [0.5, 0.6) is 0 Å². The number of hydrogen-bond donors (Lipinski definition) is 1. The van der Waals surface area contributed by atoms with Gasteiger partial charge in [-0.3, -0.25) is 19.2 Å². The molecule has 10 heteroatoms. The standard InChI is InChI=1S/C23H36N4O6/c1-5-10-25-16(4)20(29)24-15(3)21(30)27-12-7-9-18(27)23(32)33-14(2)13-19(28)26-11-6-8-17(26)22(25)31/h14-18H,5-13H2,1-4H3,(H,24,29). The Morgan fingerprint density at radius 2 is 1.55 bits per heavy atom. The van der Waals surface area contributed by atoms with Crippen molar-refractivity contribution >= 4 is 29.6 Å². The summed E-state index contributed by atoms with van der Waals surface area (Å²) in [4.78, 5) is 69.8. The van der Waals surface area contributed by atoms with Gasteiger partial charge >= 0.3 is 5.97 Å². The molecular weight excluding hydrogens is 428 g/mol. The quantitative estimate of drug-likeness (QED) is 0.593. The summed E-state index contributed by atoms with van der Waals surface area (Å²) in [5.41, 5.74) is 0. The van der Waals surface area contributed by atoms with E-state index in [-0.39, 0.29) is 24.1 Å². The van der Waals surface area contributed by atoms with Crippen molar-refractivity contribution < 1.29 is 28.7 Å². The topological polar surface area (TPSA) is 116 Å². The maximum Gasteiger partial charge on any atom is 0.329 e. The van der Waals surface area contributed by atoms with Gasteiger partial charge in [0.15, 0.2) is 0 Å². The van der Waals surface area contributed by atoms with Gasteiger partial charge in [0.25, 0.3) is 0 Å². The van der Waals surface area contributed by atoms with Gasteiger partial charge in [-0.2, -0.15) is 0 Å². The van der Waals surface area contributed by atoms with Crippen LogP contribution in [0.3, 0.4) is 0 Å². The Balaban J connectivity index is 1.92. The Kier molecular flexibility index (Phi) is 7.97. The number of carbonyl (C=O) groups excluding carboxylic acids is 5. The summed E-state index contributed by atoms with van der Waals surface area (Å²) in [7, 11) is 0. The molecule has 3 aliphatic heterocycles. The van der Waals surface area contributed by atoms with Crippen molar-refractivity contribution in [3.8, 4) is 0 Å². The molecule has 3 heterocycles. The lowest BCUT2D eigenvalue weighted by atomic mass is 10.1. The summed E-state index contributed by atoms with van der Waals surface area (Å²) in [5.74, 6) is -1.85. The van der Waals surface area contributed by atoms with Crippen molar-refractivity contribution in [2.24, 2.45) is 0 Å². The Bertz CT molecular complexity index is 802. The Morgan fingerprint density at radius 1 is 0.909 bits per heavy atom. The van der Waals surface area contributed by atoms with Crippen LogP contribution < -0.4 is 5.32 Å². The first-order valence-electron chi connectivity index (χ1n) is 12.1. The Hall–Kier alpha value is -2.65. The fourth-order valence-electron chi connectivity index (χ4n) is 4.99. The molecule has 5 unspecified atom stereocenters. The number of ether oxygens (including phenoxy) is 1. The molecule has 0 aromatic carbocycles. The highest BCUT2D eigenvalue weighted by Gasteiger charge is 2.42. The molecule has 3 saturated heterocycles. The molecule has 184 valence electrons. The van der Waals surface area contributed by atoms with Gasteiger partial charge in [0.1, 0.15) is 30.3 Å². The summed E-state index contributed by atoms with van der Waals surface area (Å²) in [6.07, 6.45) is 2.31. The average molecular weight is 465 g/mol. The van der Waals surface area contributed by atoms with Crippen molar-refractivity contribution in [1.82, 2.24) is 20.0 Å². The van der Waals surface area contributed by atoms with Crippen LogP contribution in [-0.4, -0.2) is 94.2 Å². The van der Waals surface area contributed by atoms with Crippen LogP contribution in [0.4, 0.5) is 0 Å². The van der Waals surface area contributed by atoms with Crippen LogP contribution in [0.15, 0.2) is 0 Å². The third-order valence-corrected chi connectivity index (χ3v) is 6.77. The smallest absolute Gasteiger partial charge is 0.329 e. The maximum atomic E-state index is 13.4. The minimum absolute atomic E-state index is 0.0313. The van der Waals surface area contributed by atoms with E-state index in [1.54, 1.807) is 25.7 Å². The molecule has 1 N–H and O–H groups in total. The van der Waals surface area contributed by atoms with Gasteiger partial charge in [-0.15, -0.1) is 0 Å². The molecule has 0 aromatic heterocycles. The molecule has 3 aliphatic rings. The Labute approximate surface area is 195 Å². The number of esters is 1. The van der Waals surface area contributed by atoms with Gasteiger partial charge in [0.05, 0.1) is 6.42 Å². The lowest BCUT2D eigenvalue weighted by molar-refractivity contribution is -0.160. The van der Waals surface area contributed by atoms with E-state index in [1.807, 2.05) is 6.92 Å². The highest BCUT2D eigenvalue weighted by atomic mass is 16.5. The van der Waals surface area contributed by atoms with Gasteiger partial charge in [-0.1, -0.05) is 6.92 Å². The van der Waals surface area contributed by atoms with Crippen molar-refractivity contribution in [3.63, 3.8) is 0 Å². The molecular formula is C23H36N4O6. The lowest BCUT2D eigenvalue weighted by Gasteiger charge is -2.35. The van der Waals surface area contributed by atoms with E-state index in [1.165, 1.54) is 9.80 Å². The van der Waals surface area contributed by atoms with Crippen LogP contribution in [0, 0.1) is 0 Å². The van der Waals surface area contributed by atoms with E-state index in [4.69, 9.17) is 4.74 Å². The second-order valence-electron chi connectivity index (χ2n) is 9.32. The van der Waals surface area contributed by atoms with Crippen LogP contribution in [-0.2, 0) is 28.7 Å². The minimum atomic E-state index is -0.846. The lowest BCUT2D eigenvalue weighted by Crippen LogP contribution is -2.58. The summed E-state index contributed by atoms with van der Waals surface area (Å²) in [5, 5.41) is 2.72. The monoisotopic (exact) mass is 464 g/mol. The molecule has 3 rings (SSSR count). The molecule has 0 aromatic rings. The molecule has 0 aliphatic carbocycles. The van der Waals surface area contributed by atoms with Crippen LogP contribution in [0.1, 0.15) is 66.2 Å². The fourth-order valence-corrected chi connectivity index (χ4v) is 4.99. The fraction of sp³-hybridized carbons (Fsp3) is 0.783. The number of carbonyl (C=O) groups is 5. The van der Waals surface area contributed by atoms with E-state index >= 15 is 0 Å². The molecule has 5 atom stereocenters. The molecule has 0 saturated carbocycles. The number of hydrogen-bond acceptors (Lipinski definition) is 6. The molecule has 10 nitrogen and oxygen atoms in total. The molecule has 33 heavy (non-hydrogen) atoms. The van der Waals surface area contributed by atoms with E-state index < -0.39 is 42.1 Å². The largest absolute Gasteiger partial charge is 0.461 e. The third kappa shape index (κ3) is 5.30. The van der Waals surface area contributed by atoms with E-state index in [9.17, 15) is 24.0 Å². The number of nitrogens with zero attached hydrogens (tertiary/aromatic N) is 3. The molecule has 0 radical (unpaired) electrons. The van der Waals surface area contributed by atoms with E-state index in [2.05, 4.69) is 5.32 Å². The molecule has 0 spiro atoms. The van der Waals surface area contributed by atoms with Gasteiger partial charge in [0.2, 0.25) is 23.6 Å². The van der Waals surface area contributed by atoms with Gasteiger partial charge < -0.3 is 24.8 Å². The zero-order valence-electron chi connectivity index (χ0n) is 20.0. The van der Waals surface area contributed by atoms with Gasteiger partial charge in [0, 0.05) is 19.6 Å². The SMILES string of the molecule is CCCN1C(=O)C2CCCN2C(=O)CC(C)OC(=O)C2CCCN2C(=O)C(C)NC(=O)C1C. The first-order chi connectivity index (χ1) is 15.6. The zero-order chi connectivity index (χ0) is 24.3. The molecule has 4 amide bonds. The van der Waals surface area contributed by atoms with Gasteiger partial charge in [-0.05, 0) is 52.9 Å². The minimum Gasteiger partial charge on any atom is -0.461 e. The molecule has 3 fully saturated rings. The maximum absolute atomic E-state index is 13.4. The zero-order valence-corrected chi connectivity index (χ0v) is 20.0. The van der Waals surface area contributed by atoms with Crippen LogP contribution in [0.2, 0.25) is 0 Å². The van der Waals surface area contributed by atoms with E-state index in [0.29, 0.717) is 51.7 Å². The number of fused-ring (bicyclic) bond motifs is 2. The van der Waals surface area contributed by atoms with Crippen LogP contribution in [0.25, 0.3) is 0 Å². The average Bonchev–Trinajstić information content (AvgIpc) is 3.45. The number of cyclic esters (lactones) is 1. The molecule has 0 bridgehead atoms. The first-order valence-corrected chi connectivity index (χ1v) is 12.1. The summed E-state index contributed by atoms with van der Waals surface area (Å²) >= 11 is 0.